The lowest BCUT2D eigenvalue weighted by Gasteiger charge is -2.13. The maximum absolute atomic E-state index is 12.7. The van der Waals surface area contributed by atoms with Gasteiger partial charge >= 0.3 is 5.97 Å². The van der Waals surface area contributed by atoms with Gasteiger partial charge in [-0.3, -0.25) is 4.79 Å². The number of aromatic nitrogens is 3. The third kappa shape index (κ3) is 4.21. The molecule has 0 aromatic carbocycles. The normalized spacial score (nSPS) is 16.0. The second kappa shape index (κ2) is 8.47. The Hall–Kier alpha value is -1.87. The number of thiophene rings is 1. The quantitative estimate of drug-likeness (QED) is 0.519. The number of methoxy groups -OCH3 is 1. The van der Waals surface area contributed by atoms with Crippen molar-refractivity contribution in [2.24, 2.45) is 0 Å². The third-order valence-electron chi connectivity index (χ3n) is 5.30. The van der Waals surface area contributed by atoms with Crippen molar-refractivity contribution in [1.29, 1.82) is 0 Å². The van der Waals surface area contributed by atoms with E-state index in [4.69, 9.17) is 4.74 Å². The van der Waals surface area contributed by atoms with Gasteiger partial charge in [-0.25, -0.2) is 4.79 Å². The molecule has 2 heterocycles. The number of amides is 1. The Labute approximate surface area is 178 Å². The van der Waals surface area contributed by atoms with Gasteiger partial charge in [0, 0.05) is 16.8 Å². The maximum Gasteiger partial charge on any atom is 0.341 e. The van der Waals surface area contributed by atoms with Gasteiger partial charge < -0.3 is 14.6 Å². The number of thioether (sulfide) groups is 1. The molecule has 2 aromatic rings. The van der Waals surface area contributed by atoms with Crippen LogP contribution in [0, 0.1) is 0 Å². The molecule has 156 valence electrons. The monoisotopic (exact) mass is 434 g/mol. The summed E-state index contributed by atoms with van der Waals surface area (Å²) in [4.78, 5) is 26.2. The minimum Gasteiger partial charge on any atom is -0.465 e. The molecule has 0 bridgehead atoms. The van der Waals surface area contributed by atoms with Crippen LogP contribution in [0.3, 0.4) is 0 Å². The average Bonchev–Trinajstić information content (AvgIpc) is 3.35. The Morgan fingerprint density at radius 1 is 1.28 bits per heavy atom. The zero-order valence-corrected chi connectivity index (χ0v) is 18.6. The molecule has 0 atom stereocenters. The predicted molar refractivity (Wildman–Crippen MR) is 114 cm³/mol. The molecule has 0 aliphatic heterocycles. The lowest BCUT2D eigenvalue weighted by atomic mass is 9.95. The zero-order chi connectivity index (χ0) is 20.5. The second-order valence-electron chi connectivity index (χ2n) is 7.82. The van der Waals surface area contributed by atoms with Gasteiger partial charge in [0.1, 0.15) is 10.8 Å². The fourth-order valence-electron chi connectivity index (χ4n) is 3.76. The first kappa shape index (κ1) is 20.4. The Morgan fingerprint density at radius 3 is 2.72 bits per heavy atom. The van der Waals surface area contributed by atoms with Crippen molar-refractivity contribution in [3.63, 3.8) is 0 Å². The number of carbonyl (C=O) groups is 2. The molecule has 2 aliphatic carbocycles. The topological polar surface area (TPSA) is 86.1 Å². The summed E-state index contributed by atoms with van der Waals surface area (Å²) in [5.74, 6) is 1.24. The van der Waals surface area contributed by atoms with Gasteiger partial charge in [0.15, 0.2) is 5.16 Å². The first-order valence-electron chi connectivity index (χ1n) is 10.1. The number of rotatable bonds is 7. The maximum atomic E-state index is 12.7. The SMILES string of the molecule is COC(=O)c1c(NC(=O)CSc2nnc(C3CC3)n2C(C)C)sc2c1CCCC2. The van der Waals surface area contributed by atoms with Crippen LogP contribution in [0.5, 0.6) is 0 Å². The van der Waals surface area contributed by atoms with E-state index in [2.05, 4.69) is 33.9 Å². The molecule has 2 aliphatic rings. The number of anilines is 1. The lowest BCUT2D eigenvalue weighted by molar-refractivity contribution is -0.113. The van der Waals surface area contributed by atoms with E-state index in [9.17, 15) is 9.59 Å². The molecule has 1 saturated carbocycles. The van der Waals surface area contributed by atoms with E-state index in [0.717, 1.165) is 55.1 Å². The number of aryl methyl sites for hydroxylation is 1. The van der Waals surface area contributed by atoms with Crippen LogP contribution in [0.15, 0.2) is 5.16 Å². The molecule has 0 unspecified atom stereocenters. The largest absolute Gasteiger partial charge is 0.465 e. The highest BCUT2D eigenvalue weighted by molar-refractivity contribution is 7.99. The molecule has 2 aromatic heterocycles. The Morgan fingerprint density at radius 2 is 2.03 bits per heavy atom. The van der Waals surface area contributed by atoms with Gasteiger partial charge in [0.2, 0.25) is 5.91 Å². The minimum absolute atomic E-state index is 0.148. The molecular weight excluding hydrogens is 408 g/mol. The van der Waals surface area contributed by atoms with Crippen LogP contribution < -0.4 is 5.32 Å². The fourth-order valence-corrected chi connectivity index (χ4v) is 5.92. The molecule has 4 rings (SSSR count). The van der Waals surface area contributed by atoms with Gasteiger partial charge in [-0.2, -0.15) is 0 Å². The van der Waals surface area contributed by atoms with Crippen LogP contribution in [0.25, 0.3) is 0 Å². The average molecular weight is 435 g/mol. The molecule has 1 fully saturated rings. The molecule has 0 spiro atoms. The summed E-state index contributed by atoms with van der Waals surface area (Å²) in [6, 6.07) is 0.251. The summed E-state index contributed by atoms with van der Waals surface area (Å²) in [5.41, 5.74) is 1.58. The number of ether oxygens (including phenoxy) is 1. The van der Waals surface area contributed by atoms with E-state index in [-0.39, 0.29) is 23.7 Å². The van der Waals surface area contributed by atoms with Crippen molar-refractivity contribution in [2.75, 3.05) is 18.2 Å². The third-order valence-corrected chi connectivity index (χ3v) is 7.45. The van der Waals surface area contributed by atoms with Crippen LogP contribution in [0.1, 0.15) is 78.1 Å². The van der Waals surface area contributed by atoms with E-state index in [1.165, 1.54) is 35.1 Å². The summed E-state index contributed by atoms with van der Waals surface area (Å²) in [7, 11) is 1.38. The van der Waals surface area contributed by atoms with Crippen LogP contribution in [-0.2, 0) is 22.4 Å². The number of fused-ring (bicyclic) bond motifs is 1. The minimum atomic E-state index is -0.374. The van der Waals surface area contributed by atoms with Crippen molar-refractivity contribution in [3.05, 3.63) is 21.8 Å². The van der Waals surface area contributed by atoms with Crippen molar-refractivity contribution < 1.29 is 14.3 Å². The predicted octanol–water partition coefficient (Wildman–Crippen LogP) is 4.19. The van der Waals surface area contributed by atoms with Gasteiger partial charge in [-0.05, 0) is 57.9 Å². The standard InChI is InChI=1S/C20H26N4O3S2/c1-11(2)24-17(12-8-9-12)22-23-20(24)28-10-15(25)21-18-16(19(26)27-3)13-6-4-5-7-14(13)29-18/h11-12H,4-10H2,1-3H3,(H,21,25). The van der Waals surface area contributed by atoms with E-state index in [0.29, 0.717) is 16.5 Å². The van der Waals surface area contributed by atoms with Crippen LogP contribution >= 0.6 is 23.1 Å². The number of hydrogen-bond donors (Lipinski definition) is 1. The highest BCUT2D eigenvalue weighted by atomic mass is 32.2. The van der Waals surface area contributed by atoms with Crippen molar-refractivity contribution in [3.8, 4) is 0 Å². The highest BCUT2D eigenvalue weighted by Crippen LogP contribution is 2.41. The number of nitrogens with zero attached hydrogens (tertiary/aromatic N) is 3. The molecule has 1 amide bonds. The Kier molecular flexibility index (Phi) is 5.96. The molecular formula is C20H26N4O3S2. The second-order valence-corrected chi connectivity index (χ2v) is 9.87. The Balaban J connectivity index is 1.47. The summed E-state index contributed by atoms with van der Waals surface area (Å²) >= 11 is 2.89. The number of carbonyl (C=O) groups excluding carboxylic acids is 2. The number of hydrogen-bond acceptors (Lipinski definition) is 7. The first-order chi connectivity index (χ1) is 14.0. The summed E-state index contributed by atoms with van der Waals surface area (Å²) in [6.45, 7) is 4.22. The summed E-state index contributed by atoms with van der Waals surface area (Å²) in [6.07, 6.45) is 6.32. The lowest BCUT2D eigenvalue weighted by Crippen LogP contribution is -2.17. The molecule has 7 nitrogen and oxygen atoms in total. The fraction of sp³-hybridized carbons (Fsp3) is 0.600. The van der Waals surface area contributed by atoms with Gasteiger partial charge in [-0.15, -0.1) is 21.5 Å². The molecule has 1 N–H and O–H groups in total. The smallest absolute Gasteiger partial charge is 0.341 e. The zero-order valence-electron chi connectivity index (χ0n) is 17.0. The number of esters is 1. The Bertz CT molecular complexity index is 931. The number of nitrogens with one attached hydrogen (secondary N) is 1. The van der Waals surface area contributed by atoms with Crippen molar-refractivity contribution >= 4 is 40.0 Å². The van der Waals surface area contributed by atoms with Crippen molar-refractivity contribution in [1.82, 2.24) is 14.8 Å². The van der Waals surface area contributed by atoms with Gasteiger partial charge in [0.25, 0.3) is 0 Å². The molecule has 0 saturated heterocycles. The van der Waals surface area contributed by atoms with E-state index >= 15 is 0 Å². The van der Waals surface area contributed by atoms with Gasteiger partial charge in [0.05, 0.1) is 18.4 Å². The highest BCUT2D eigenvalue weighted by Gasteiger charge is 2.31. The van der Waals surface area contributed by atoms with Crippen LogP contribution in [-0.4, -0.2) is 39.5 Å². The summed E-state index contributed by atoms with van der Waals surface area (Å²) in [5, 5.41) is 13.0. The molecule has 0 radical (unpaired) electrons. The van der Waals surface area contributed by atoms with E-state index in [1.807, 2.05) is 0 Å². The van der Waals surface area contributed by atoms with E-state index < -0.39 is 0 Å². The summed E-state index contributed by atoms with van der Waals surface area (Å²) < 4.78 is 7.11. The first-order valence-corrected chi connectivity index (χ1v) is 11.9. The van der Waals surface area contributed by atoms with E-state index in [1.54, 1.807) is 0 Å². The molecule has 29 heavy (non-hydrogen) atoms. The van der Waals surface area contributed by atoms with Crippen molar-refractivity contribution in [2.45, 2.75) is 69.5 Å². The van der Waals surface area contributed by atoms with Crippen LogP contribution in [0.4, 0.5) is 5.00 Å². The molecule has 9 heteroatoms. The van der Waals surface area contributed by atoms with Gasteiger partial charge in [-0.1, -0.05) is 11.8 Å². The van der Waals surface area contributed by atoms with Crippen LogP contribution in [0.2, 0.25) is 0 Å².